The van der Waals surface area contributed by atoms with E-state index in [2.05, 4.69) is 5.32 Å². The first-order valence-corrected chi connectivity index (χ1v) is 6.69. The summed E-state index contributed by atoms with van der Waals surface area (Å²) in [6.07, 6.45) is 0.868. The number of hydrogen-bond acceptors (Lipinski definition) is 4. The summed E-state index contributed by atoms with van der Waals surface area (Å²) in [4.78, 5) is 11.6. The molecule has 1 N–H and O–H groups in total. The van der Waals surface area contributed by atoms with Crippen LogP contribution in [-0.2, 0) is 4.79 Å². The molecule has 1 unspecified atom stereocenters. The smallest absolute Gasteiger partial charge is 0.258 e. The van der Waals surface area contributed by atoms with E-state index in [9.17, 15) is 4.79 Å². The Hall–Kier alpha value is -2.22. The van der Waals surface area contributed by atoms with E-state index in [1.165, 1.54) is 0 Å². The van der Waals surface area contributed by atoms with Crippen molar-refractivity contribution >= 4 is 5.91 Å². The third-order valence-electron chi connectivity index (χ3n) is 2.75. The summed E-state index contributed by atoms with van der Waals surface area (Å²) >= 11 is 0. The predicted molar refractivity (Wildman–Crippen MR) is 75.7 cm³/mol. The van der Waals surface area contributed by atoms with Gasteiger partial charge in [0.1, 0.15) is 0 Å². The molecule has 0 radical (unpaired) electrons. The Balaban J connectivity index is 2.67. The van der Waals surface area contributed by atoms with Crippen LogP contribution in [0.4, 0.5) is 0 Å². The van der Waals surface area contributed by atoms with E-state index < -0.39 is 0 Å². The molecule has 1 amide bonds. The van der Waals surface area contributed by atoms with Gasteiger partial charge in [0.2, 0.25) is 0 Å². The molecule has 0 saturated heterocycles. The molecule has 0 aliphatic heterocycles. The summed E-state index contributed by atoms with van der Waals surface area (Å²) in [7, 11) is 0. The maximum Gasteiger partial charge on any atom is 0.258 e. The van der Waals surface area contributed by atoms with Crippen molar-refractivity contribution in [2.24, 2.45) is 0 Å². The second kappa shape index (κ2) is 8.05. The Morgan fingerprint density at radius 1 is 1.35 bits per heavy atom. The molecule has 0 fully saturated rings. The van der Waals surface area contributed by atoms with Crippen LogP contribution in [0.3, 0.4) is 0 Å². The third kappa shape index (κ3) is 4.81. The fraction of sp³-hybridized carbons (Fsp3) is 0.467. The zero-order chi connectivity index (χ0) is 15.0. The fourth-order valence-corrected chi connectivity index (χ4v) is 1.53. The quantitative estimate of drug-likeness (QED) is 0.829. The molecule has 0 heterocycles. The number of carbonyl (C=O) groups is 1. The molecule has 0 aliphatic rings. The molecule has 0 aromatic heterocycles. The lowest BCUT2D eigenvalue weighted by Gasteiger charge is -2.14. The number of hydrogen-bond donors (Lipinski definition) is 1. The minimum atomic E-state index is -0.175. The van der Waals surface area contributed by atoms with E-state index in [0.29, 0.717) is 23.7 Å². The largest absolute Gasteiger partial charge is 0.490 e. The van der Waals surface area contributed by atoms with E-state index in [0.717, 1.165) is 6.42 Å². The van der Waals surface area contributed by atoms with E-state index >= 15 is 0 Å². The van der Waals surface area contributed by atoms with Crippen LogP contribution >= 0.6 is 0 Å². The van der Waals surface area contributed by atoms with E-state index in [1.54, 1.807) is 18.2 Å². The predicted octanol–water partition coefficient (Wildman–Crippen LogP) is 2.25. The standard InChI is InChI=1S/C15H20N2O3/c1-4-11(3)17-15(18)10-20-13-7-6-12(9-16)8-14(13)19-5-2/h6-8,11H,4-5,10H2,1-3H3,(H,17,18). The monoisotopic (exact) mass is 276 g/mol. The van der Waals surface area contributed by atoms with Crippen molar-refractivity contribution < 1.29 is 14.3 Å². The van der Waals surface area contributed by atoms with E-state index in [-0.39, 0.29) is 18.6 Å². The second-order valence-electron chi connectivity index (χ2n) is 4.37. The van der Waals surface area contributed by atoms with Gasteiger partial charge in [-0.15, -0.1) is 0 Å². The number of rotatable bonds is 7. The van der Waals surface area contributed by atoms with Gasteiger partial charge < -0.3 is 14.8 Å². The molecule has 0 saturated carbocycles. The average Bonchev–Trinajstić information content (AvgIpc) is 2.46. The van der Waals surface area contributed by atoms with Gasteiger partial charge in [0.05, 0.1) is 18.2 Å². The second-order valence-corrected chi connectivity index (χ2v) is 4.37. The molecule has 0 aliphatic carbocycles. The maximum absolute atomic E-state index is 11.6. The summed E-state index contributed by atoms with van der Waals surface area (Å²) < 4.78 is 10.9. The van der Waals surface area contributed by atoms with Gasteiger partial charge in [0, 0.05) is 12.1 Å². The van der Waals surface area contributed by atoms with Gasteiger partial charge in [-0.3, -0.25) is 4.79 Å². The highest BCUT2D eigenvalue weighted by Crippen LogP contribution is 2.28. The van der Waals surface area contributed by atoms with Crippen molar-refractivity contribution in [1.29, 1.82) is 5.26 Å². The van der Waals surface area contributed by atoms with Gasteiger partial charge in [-0.25, -0.2) is 0 Å². The van der Waals surface area contributed by atoms with Gasteiger partial charge in [-0.2, -0.15) is 5.26 Å². The van der Waals surface area contributed by atoms with Crippen LogP contribution in [0, 0.1) is 11.3 Å². The summed E-state index contributed by atoms with van der Waals surface area (Å²) in [6.45, 7) is 6.17. The van der Waals surface area contributed by atoms with Crippen LogP contribution in [-0.4, -0.2) is 25.2 Å². The lowest BCUT2D eigenvalue weighted by atomic mass is 10.2. The van der Waals surface area contributed by atoms with Gasteiger partial charge in [0.15, 0.2) is 18.1 Å². The van der Waals surface area contributed by atoms with Crippen molar-refractivity contribution in [2.45, 2.75) is 33.2 Å². The van der Waals surface area contributed by atoms with Crippen molar-refractivity contribution in [3.63, 3.8) is 0 Å². The first kappa shape index (κ1) is 15.8. The van der Waals surface area contributed by atoms with Crippen LogP contribution in [0.15, 0.2) is 18.2 Å². The van der Waals surface area contributed by atoms with Gasteiger partial charge in [0.25, 0.3) is 5.91 Å². The minimum Gasteiger partial charge on any atom is -0.490 e. The number of carbonyl (C=O) groups excluding carboxylic acids is 1. The molecule has 1 aromatic rings. The van der Waals surface area contributed by atoms with Gasteiger partial charge >= 0.3 is 0 Å². The molecule has 5 nitrogen and oxygen atoms in total. The Morgan fingerprint density at radius 2 is 2.10 bits per heavy atom. The molecular formula is C15H20N2O3. The first-order chi connectivity index (χ1) is 9.60. The molecule has 0 bridgehead atoms. The lowest BCUT2D eigenvalue weighted by Crippen LogP contribution is -2.35. The number of ether oxygens (including phenoxy) is 2. The zero-order valence-electron chi connectivity index (χ0n) is 12.1. The SMILES string of the molecule is CCOc1cc(C#N)ccc1OCC(=O)NC(C)CC. The molecule has 0 spiro atoms. The highest BCUT2D eigenvalue weighted by molar-refractivity contribution is 5.77. The highest BCUT2D eigenvalue weighted by Gasteiger charge is 2.10. The lowest BCUT2D eigenvalue weighted by molar-refractivity contribution is -0.123. The number of amides is 1. The highest BCUT2D eigenvalue weighted by atomic mass is 16.5. The number of benzene rings is 1. The Labute approximate surface area is 119 Å². The summed E-state index contributed by atoms with van der Waals surface area (Å²) in [5.41, 5.74) is 0.491. The van der Waals surface area contributed by atoms with E-state index in [1.807, 2.05) is 26.8 Å². The average molecular weight is 276 g/mol. The number of nitriles is 1. The molecule has 108 valence electrons. The Kier molecular flexibility index (Phi) is 6.38. The normalized spacial score (nSPS) is 11.3. The van der Waals surface area contributed by atoms with Crippen LogP contribution in [0.5, 0.6) is 11.5 Å². The molecule has 5 heteroatoms. The summed E-state index contributed by atoms with van der Waals surface area (Å²) in [5, 5.41) is 11.7. The molecule has 1 aromatic carbocycles. The van der Waals surface area contributed by atoms with Crippen molar-refractivity contribution in [1.82, 2.24) is 5.32 Å². The van der Waals surface area contributed by atoms with Crippen LogP contribution in [0.1, 0.15) is 32.8 Å². The van der Waals surface area contributed by atoms with Gasteiger partial charge in [-0.05, 0) is 32.4 Å². The van der Waals surface area contributed by atoms with E-state index in [4.69, 9.17) is 14.7 Å². The third-order valence-corrected chi connectivity index (χ3v) is 2.75. The molecular weight excluding hydrogens is 256 g/mol. The maximum atomic E-state index is 11.6. The van der Waals surface area contributed by atoms with Crippen molar-refractivity contribution in [2.75, 3.05) is 13.2 Å². The molecule has 1 atom stereocenters. The molecule has 20 heavy (non-hydrogen) atoms. The number of nitrogens with zero attached hydrogens (tertiary/aromatic N) is 1. The van der Waals surface area contributed by atoms with Crippen molar-refractivity contribution in [3.8, 4) is 17.6 Å². The van der Waals surface area contributed by atoms with Gasteiger partial charge in [-0.1, -0.05) is 6.92 Å². The van der Waals surface area contributed by atoms with Crippen LogP contribution < -0.4 is 14.8 Å². The fourth-order valence-electron chi connectivity index (χ4n) is 1.53. The van der Waals surface area contributed by atoms with Crippen LogP contribution in [0.2, 0.25) is 0 Å². The summed E-state index contributed by atoms with van der Waals surface area (Å²) in [6, 6.07) is 7.03. The van der Waals surface area contributed by atoms with Crippen LogP contribution in [0.25, 0.3) is 0 Å². The first-order valence-electron chi connectivity index (χ1n) is 6.69. The van der Waals surface area contributed by atoms with Crippen molar-refractivity contribution in [3.05, 3.63) is 23.8 Å². The minimum absolute atomic E-state index is 0.0731. The Morgan fingerprint density at radius 3 is 2.70 bits per heavy atom. The summed E-state index contributed by atoms with van der Waals surface area (Å²) in [5.74, 6) is 0.763. The molecule has 1 rings (SSSR count). The zero-order valence-corrected chi connectivity index (χ0v) is 12.1. The topological polar surface area (TPSA) is 71.3 Å². The Bertz CT molecular complexity index is 494. The number of nitrogens with one attached hydrogen (secondary N) is 1.